The number of rotatable bonds is 1. The minimum atomic E-state index is -0.149. The molecule has 1 rings (SSSR count). The van der Waals surface area contributed by atoms with Gasteiger partial charge < -0.3 is 0 Å². The molecule has 16 heavy (non-hydrogen) atoms. The third-order valence-corrected chi connectivity index (χ3v) is 2.65. The molecular formula is C13H20N2O. The fourth-order valence-corrected chi connectivity index (χ4v) is 1.51. The molecule has 3 nitrogen and oxygen atoms in total. The van der Waals surface area contributed by atoms with Crippen LogP contribution in [-0.4, -0.2) is 18.0 Å². The summed E-state index contributed by atoms with van der Waals surface area (Å²) in [6.45, 7) is 8.29. The molecular weight excluding hydrogens is 200 g/mol. The average molecular weight is 220 g/mol. The molecule has 0 saturated heterocycles. The number of amides is 1. The summed E-state index contributed by atoms with van der Waals surface area (Å²) in [6, 6.07) is 5.96. The van der Waals surface area contributed by atoms with Gasteiger partial charge in [0, 0.05) is 12.6 Å². The lowest BCUT2D eigenvalue weighted by atomic mass is 9.85. The molecule has 0 fully saturated rings. The van der Waals surface area contributed by atoms with Crippen molar-refractivity contribution in [2.75, 3.05) is 7.05 Å². The zero-order valence-corrected chi connectivity index (χ0v) is 10.7. The van der Waals surface area contributed by atoms with Crippen molar-refractivity contribution in [1.82, 2.24) is 5.01 Å². The highest BCUT2D eigenvalue weighted by molar-refractivity contribution is 5.95. The molecule has 0 unspecified atom stereocenters. The van der Waals surface area contributed by atoms with E-state index in [2.05, 4.69) is 26.8 Å². The Morgan fingerprint density at radius 1 is 1.31 bits per heavy atom. The summed E-state index contributed by atoms with van der Waals surface area (Å²) in [7, 11) is 1.56. The van der Waals surface area contributed by atoms with Gasteiger partial charge in [0.2, 0.25) is 0 Å². The van der Waals surface area contributed by atoms with Gasteiger partial charge in [-0.2, -0.15) is 0 Å². The van der Waals surface area contributed by atoms with E-state index in [0.29, 0.717) is 5.56 Å². The largest absolute Gasteiger partial charge is 0.280 e. The van der Waals surface area contributed by atoms with Gasteiger partial charge in [0.15, 0.2) is 0 Å². The summed E-state index contributed by atoms with van der Waals surface area (Å²) in [6.07, 6.45) is 0. The van der Waals surface area contributed by atoms with Gasteiger partial charge in [0.1, 0.15) is 0 Å². The minimum Gasteiger partial charge on any atom is -0.280 e. The van der Waals surface area contributed by atoms with Crippen molar-refractivity contribution >= 4 is 5.91 Å². The highest BCUT2D eigenvalue weighted by atomic mass is 16.2. The number of carbonyl (C=O) groups excluding carboxylic acids is 1. The van der Waals surface area contributed by atoms with Crippen molar-refractivity contribution in [2.24, 2.45) is 5.84 Å². The van der Waals surface area contributed by atoms with Crippen LogP contribution in [-0.2, 0) is 5.41 Å². The van der Waals surface area contributed by atoms with E-state index in [9.17, 15) is 4.79 Å². The maximum absolute atomic E-state index is 11.8. The molecule has 2 N–H and O–H groups in total. The fraction of sp³-hybridized carbons (Fsp3) is 0.462. The Balaban J connectivity index is 3.25. The molecule has 0 aliphatic heterocycles. The normalized spacial score (nSPS) is 11.4. The van der Waals surface area contributed by atoms with Crippen LogP contribution in [0.2, 0.25) is 0 Å². The van der Waals surface area contributed by atoms with Crippen molar-refractivity contribution in [3.05, 3.63) is 34.9 Å². The molecule has 0 atom stereocenters. The molecule has 88 valence electrons. The van der Waals surface area contributed by atoms with Crippen LogP contribution in [0.5, 0.6) is 0 Å². The summed E-state index contributed by atoms with van der Waals surface area (Å²) in [5.41, 5.74) is 2.81. The molecule has 1 amide bonds. The number of hydrogen-bond acceptors (Lipinski definition) is 2. The Kier molecular flexibility index (Phi) is 3.38. The van der Waals surface area contributed by atoms with Crippen LogP contribution in [0.25, 0.3) is 0 Å². The van der Waals surface area contributed by atoms with Gasteiger partial charge in [0.05, 0.1) is 0 Å². The van der Waals surface area contributed by atoms with Crippen LogP contribution < -0.4 is 5.84 Å². The SMILES string of the molecule is Cc1ccc(C(C)(C)C)cc1C(=O)N(C)N. The lowest BCUT2D eigenvalue weighted by molar-refractivity contribution is 0.0794. The standard InChI is InChI=1S/C13H20N2O/c1-9-6-7-10(13(2,3)4)8-11(9)12(16)15(5)14/h6-8H,14H2,1-5H3. The number of nitrogens with two attached hydrogens (primary N) is 1. The van der Waals surface area contributed by atoms with E-state index in [1.165, 1.54) is 0 Å². The Morgan fingerprint density at radius 3 is 2.31 bits per heavy atom. The van der Waals surface area contributed by atoms with Gasteiger partial charge in [-0.3, -0.25) is 9.80 Å². The number of aryl methyl sites for hydroxylation is 1. The summed E-state index contributed by atoms with van der Waals surface area (Å²) < 4.78 is 0. The van der Waals surface area contributed by atoms with Crippen LogP contribution in [0.1, 0.15) is 42.3 Å². The van der Waals surface area contributed by atoms with Gasteiger partial charge >= 0.3 is 0 Å². The summed E-state index contributed by atoms with van der Waals surface area (Å²) in [5, 5.41) is 1.12. The van der Waals surface area contributed by atoms with Crippen molar-refractivity contribution in [1.29, 1.82) is 0 Å². The van der Waals surface area contributed by atoms with Gasteiger partial charge in [-0.15, -0.1) is 0 Å². The average Bonchev–Trinajstić information content (AvgIpc) is 2.15. The molecule has 0 heterocycles. The number of carbonyl (C=O) groups is 1. The molecule has 1 aromatic rings. The molecule has 0 bridgehead atoms. The molecule has 3 heteroatoms. The first-order valence-corrected chi connectivity index (χ1v) is 5.37. The van der Waals surface area contributed by atoms with Gasteiger partial charge in [-0.05, 0) is 29.5 Å². The monoisotopic (exact) mass is 220 g/mol. The molecule has 0 radical (unpaired) electrons. The van der Waals surface area contributed by atoms with Crippen molar-refractivity contribution in [2.45, 2.75) is 33.1 Å². The zero-order valence-electron chi connectivity index (χ0n) is 10.7. The van der Waals surface area contributed by atoms with Gasteiger partial charge in [0.25, 0.3) is 5.91 Å². The number of nitrogens with zero attached hydrogens (tertiary/aromatic N) is 1. The van der Waals surface area contributed by atoms with Gasteiger partial charge in [-0.25, -0.2) is 5.84 Å². The first-order chi connectivity index (χ1) is 7.23. The Bertz CT molecular complexity index is 403. The second-order valence-electron chi connectivity index (χ2n) is 5.20. The third kappa shape index (κ3) is 2.61. The number of hydrazine groups is 1. The molecule has 0 aromatic heterocycles. The van der Waals surface area contributed by atoms with E-state index in [1.54, 1.807) is 7.05 Å². The van der Waals surface area contributed by atoms with Crippen molar-refractivity contribution < 1.29 is 4.79 Å². The molecule has 0 aliphatic rings. The summed E-state index contributed by atoms with van der Waals surface area (Å²) in [5.74, 6) is 5.33. The smallest absolute Gasteiger partial charge is 0.267 e. The van der Waals surface area contributed by atoms with Gasteiger partial charge in [-0.1, -0.05) is 32.9 Å². The highest BCUT2D eigenvalue weighted by Gasteiger charge is 2.18. The van der Waals surface area contributed by atoms with Crippen LogP contribution in [0.15, 0.2) is 18.2 Å². The fourth-order valence-electron chi connectivity index (χ4n) is 1.51. The molecule has 0 aliphatic carbocycles. The van der Waals surface area contributed by atoms with E-state index in [0.717, 1.165) is 16.1 Å². The molecule has 1 aromatic carbocycles. The Labute approximate surface area is 97.2 Å². The second-order valence-corrected chi connectivity index (χ2v) is 5.20. The lowest BCUT2D eigenvalue weighted by Crippen LogP contribution is -2.33. The van der Waals surface area contributed by atoms with E-state index in [-0.39, 0.29) is 11.3 Å². The zero-order chi connectivity index (χ0) is 12.5. The van der Waals surface area contributed by atoms with Crippen LogP contribution in [0, 0.1) is 6.92 Å². The predicted molar refractivity (Wildman–Crippen MR) is 66.2 cm³/mol. The molecule has 0 spiro atoms. The molecule has 0 saturated carbocycles. The van der Waals surface area contributed by atoms with Crippen molar-refractivity contribution in [3.8, 4) is 0 Å². The summed E-state index contributed by atoms with van der Waals surface area (Å²) >= 11 is 0. The van der Waals surface area contributed by atoms with Crippen LogP contribution >= 0.6 is 0 Å². The lowest BCUT2D eigenvalue weighted by Gasteiger charge is -2.21. The minimum absolute atomic E-state index is 0.0376. The Hall–Kier alpha value is -1.35. The summed E-state index contributed by atoms with van der Waals surface area (Å²) in [4.78, 5) is 11.8. The van der Waals surface area contributed by atoms with E-state index in [1.807, 2.05) is 19.1 Å². The third-order valence-electron chi connectivity index (χ3n) is 2.65. The number of hydrogen-bond donors (Lipinski definition) is 1. The van der Waals surface area contributed by atoms with Crippen LogP contribution in [0.4, 0.5) is 0 Å². The topological polar surface area (TPSA) is 46.3 Å². The van der Waals surface area contributed by atoms with E-state index in [4.69, 9.17) is 5.84 Å². The second kappa shape index (κ2) is 4.26. The number of benzene rings is 1. The van der Waals surface area contributed by atoms with E-state index >= 15 is 0 Å². The quantitative estimate of drug-likeness (QED) is 0.448. The van der Waals surface area contributed by atoms with Crippen molar-refractivity contribution in [3.63, 3.8) is 0 Å². The Morgan fingerprint density at radius 2 is 1.88 bits per heavy atom. The van der Waals surface area contributed by atoms with Crippen LogP contribution in [0.3, 0.4) is 0 Å². The van der Waals surface area contributed by atoms with E-state index < -0.39 is 0 Å². The first kappa shape index (κ1) is 12.7. The predicted octanol–water partition coefficient (Wildman–Crippen LogP) is 2.24. The first-order valence-electron chi connectivity index (χ1n) is 5.37. The maximum Gasteiger partial charge on any atom is 0.267 e. The highest BCUT2D eigenvalue weighted by Crippen LogP contribution is 2.24. The maximum atomic E-state index is 11.8.